The maximum absolute atomic E-state index is 13.9. The van der Waals surface area contributed by atoms with Crippen molar-refractivity contribution in [3.8, 4) is 11.8 Å². The molecule has 2 amide bonds. The molecule has 0 bridgehead atoms. The fourth-order valence-corrected chi connectivity index (χ4v) is 5.48. The summed E-state index contributed by atoms with van der Waals surface area (Å²) in [7, 11) is 1.26. The first kappa shape index (κ1) is 32.2. The molecule has 1 unspecified atom stereocenters. The third-order valence-electron chi connectivity index (χ3n) is 7.81. The molecule has 1 aliphatic rings. The summed E-state index contributed by atoms with van der Waals surface area (Å²) < 4.78 is 16.8. The zero-order chi connectivity index (χ0) is 32.3. The van der Waals surface area contributed by atoms with Gasteiger partial charge >= 0.3 is 6.09 Å². The SMILES string of the molecule is CCc1c(C2CO[C@H](COc3ccc(C#N)cc3)CN2)ccnc1N(C(=O)CNC(=O)OC)c1ccccc1Cc1ccccc1. The van der Waals surface area contributed by atoms with Crippen molar-refractivity contribution in [3.63, 3.8) is 0 Å². The third-order valence-corrected chi connectivity index (χ3v) is 7.81. The van der Waals surface area contributed by atoms with E-state index in [9.17, 15) is 9.59 Å². The van der Waals surface area contributed by atoms with Crippen molar-refractivity contribution in [2.75, 3.05) is 38.3 Å². The van der Waals surface area contributed by atoms with Gasteiger partial charge in [-0.05, 0) is 65.9 Å². The van der Waals surface area contributed by atoms with Gasteiger partial charge < -0.3 is 24.8 Å². The van der Waals surface area contributed by atoms with Gasteiger partial charge in [0.1, 0.15) is 30.8 Å². The van der Waals surface area contributed by atoms with Gasteiger partial charge in [0, 0.05) is 18.3 Å². The van der Waals surface area contributed by atoms with Crippen LogP contribution in [0.25, 0.3) is 0 Å². The number of carbonyl (C=O) groups is 2. The number of hydrogen-bond donors (Lipinski definition) is 2. The second-order valence-electron chi connectivity index (χ2n) is 10.8. The van der Waals surface area contributed by atoms with Gasteiger partial charge in [0.05, 0.1) is 37.1 Å². The van der Waals surface area contributed by atoms with E-state index in [0.29, 0.717) is 55.4 Å². The van der Waals surface area contributed by atoms with E-state index < -0.39 is 6.09 Å². The van der Waals surface area contributed by atoms with Gasteiger partial charge in [-0.15, -0.1) is 0 Å². The molecule has 1 saturated heterocycles. The lowest BCUT2D eigenvalue weighted by atomic mass is 9.97. The molecule has 3 aromatic carbocycles. The van der Waals surface area contributed by atoms with Crippen molar-refractivity contribution < 1.29 is 23.8 Å². The maximum Gasteiger partial charge on any atom is 0.407 e. The molecule has 1 fully saturated rings. The van der Waals surface area contributed by atoms with Gasteiger partial charge in [0.15, 0.2) is 0 Å². The van der Waals surface area contributed by atoms with Crippen LogP contribution in [0.5, 0.6) is 5.75 Å². The van der Waals surface area contributed by atoms with Crippen LogP contribution in [-0.2, 0) is 27.1 Å². The van der Waals surface area contributed by atoms with Crippen LogP contribution in [0.15, 0.2) is 91.1 Å². The van der Waals surface area contributed by atoms with Crippen LogP contribution in [0.1, 0.15) is 40.8 Å². The van der Waals surface area contributed by atoms with Crippen LogP contribution in [0.2, 0.25) is 0 Å². The molecule has 5 rings (SSSR count). The standard InChI is InChI=1S/C36H37N5O5/c1-3-30-31(32-24-46-29(21-39-32)23-45-28-15-13-26(20-37)14-16-28)17-18-38-35(30)41(34(42)22-40-36(43)44-2)33-12-8-7-11-27(33)19-25-9-5-4-6-10-25/h4-18,29,32,39H,3,19,21-24H2,1-2H3,(H,40,43)/t29-,32?/m0/s1. The molecule has 1 aromatic heterocycles. The van der Waals surface area contributed by atoms with Crippen molar-refractivity contribution in [3.05, 3.63) is 119 Å². The highest BCUT2D eigenvalue weighted by atomic mass is 16.5. The van der Waals surface area contributed by atoms with Gasteiger partial charge in [0.2, 0.25) is 0 Å². The molecular formula is C36H37N5O5. The number of ether oxygens (including phenoxy) is 3. The van der Waals surface area contributed by atoms with E-state index in [1.165, 1.54) is 7.11 Å². The molecule has 236 valence electrons. The molecule has 10 heteroatoms. The number of anilines is 2. The van der Waals surface area contributed by atoms with E-state index in [4.69, 9.17) is 24.5 Å². The first-order valence-corrected chi connectivity index (χ1v) is 15.2. The number of nitrogens with zero attached hydrogens (tertiary/aromatic N) is 3. The first-order valence-electron chi connectivity index (χ1n) is 15.2. The normalized spacial score (nSPS) is 15.8. The Morgan fingerprint density at radius 2 is 1.83 bits per heavy atom. The Hall–Kier alpha value is -5.24. The second kappa shape index (κ2) is 15.7. The first-order chi connectivity index (χ1) is 22.5. The van der Waals surface area contributed by atoms with Crippen molar-refractivity contribution >= 4 is 23.5 Å². The van der Waals surface area contributed by atoms with Gasteiger partial charge in [-0.25, -0.2) is 9.78 Å². The highest BCUT2D eigenvalue weighted by Crippen LogP contribution is 2.35. The Morgan fingerprint density at radius 3 is 2.52 bits per heavy atom. The Morgan fingerprint density at radius 1 is 1.07 bits per heavy atom. The van der Waals surface area contributed by atoms with Crippen molar-refractivity contribution in [1.29, 1.82) is 5.26 Å². The van der Waals surface area contributed by atoms with Crippen LogP contribution in [0.4, 0.5) is 16.3 Å². The Bertz CT molecular complexity index is 1660. The zero-order valence-corrected chi connectivity index (χ0v) is 25.9. The fourth-order valence-electron chi connectivity index (χ4n) is 5.48. The minimum Gasteiger partial charge on any atom is -0.491 e. The summed E-state index contributed by atoms with van der Waals surface area (Å²) >= 11 is 0. The number of alkyl carbamates (subject to hydrolysis) is 1. The molecule has 2 N–H and O–H groups in total. The van der Waals surface area contributed by atoms with Crippen molar-refractivity contribution in [2.45, 2.75) is 31.9 Å². The van der Waals surface area contributed by atoms with E-state index >= 15 is 0 Å². The number of aromatic nitrogens is 1. The van der Waals surface area contributed by atoms with E-state index in [2.05, 4.69) is 28.8 Å². The summed E-state index contributed by atoms with van der Waals surface area (Å²) in [5.41, 5.74) is 5.20. The van der Waals surface area contributed by atoms with E-state index in [1.54, 1.807) is 35.4 Å². The smallest absolute Gasteiger partial charge is 0.407 e. The zero-order valence-electron chi connectivity index (χ0n) is 25.9. The highest BCUT2D eigenvalue weighted by molar-refractivity contribution is 6.03. The number of hydrogen-bond acceptors (Lipinski definition) is 8. The molecule has 0 radical (unpaired) electrons. The lowest BCUT2D eigenvalue weighted by Crippen LogP contribution is -2.44. The highest BCUT2D eigenvalue weighted by Gasteiger charge is 2.29. The number of benzene rings is 3. The monoisotopic (exact) mass is 619 g/mol. The maximum atomic E-state index is 13.9. The summed E-state index contributed by atoms with van der Waals surface area (Å²) in [4.78, 5) is 32.2. The molecule has 1 aliphatic heterocycles. The molecule has 0 spiro atoms. The molecule has 4 aromatic rings. The summed E-state index contributed by atoms with van der Waals surface area (Å²) in [6.45, 7) is 3.09. The largest absolute Gasteiger partial charge is 0.491 e. The number of rotatable bonds is 11. The molecule has 0 saturated carbocycles. The number of carbonyl (C=O) groups excluding carboxylic acids is 2. The summed E-state index contributed by atoms with van der Waals surface area (Å²) in [6, 6.07) is 28.7. The number of para-hydroxylation sites is 1. The van der Waals surface area contributed by atoms with Crippen molar-refractivity contribution in [1.82, 2.24) is 15.6 Å². The van der Waals surface area contributed by atoms with Crippen LogP contribution in [0.3, 0.4) is 0 Å². The van der Waals surface area contributed by atoms with Crippen LogP contribution < -0.4 is 20.3 Å². The average Bonchev–Trinajstić information content (AvgIpc) is 3.11. The molecule has 0 aliphatic carbocycles. The molecule has 2 atom stereocenters. The van der Waals surface area contributed by atoms with Crippen LogP contribution in [0, 0.1) is 11.3 Å². The molecular weight excluding hydrogens is 582 g/mol. The van der Waals surface area contributed by atoms with Gasteiger partial charge in [-0.1, -0.05) is 55.5 Å². The number of morpholine rings is 1. The Balaban J connectivity index is 1.40. The van der Waals surface area contributed by atoms with Gasteiger partial charge in [0.25, 0.3) is 5.91 Å². The van der Waals surface area contributed by atoms with Gasteiger partial charge in [-0.3, -0.25) is 9.69 Å². The van der Waals surface area contributed by atoms with E-state index in [0.717, 1.165) is 22.3 Å². The number of pyridine rings is 1. The predicted octanol–water partition coefficient (Wildman–Crippen LogP) is 5.24. The lowest BCUT2D eigenvalue weighted by molar-refractivity contribution is -0.117. The fraction of sp³-hybridized carbons (Fsp3) is 0.278. The Labute approximate surface area is 268 Å². The Kier molecular flexibility index (Phi) is 10.9. The summed E-state index contributed by atoms with van der Waals surface area (Å²) in [5.74, 6) is 0.833. The second-order valence-corrected chi connectivity index (χ2v) is 10.8. The average molecular weight is 620 g/mol. The van der Waals surface area contributed by atoms with E-state index in [1.807, 2.05) is 55.5 Å². The van der Waals surface area contributed by atoms with Crippen LogP contribution in [-0.4, -0.2) is 56.5 Å². The van der Waals surface area contributed by atoms with Crippen LogP contribution >= 0.6 is 0 Å². The molecule has 10 nitrogen and oxygen atoms in total. The third kappa shape index (κ3) is 7.88. The lowest BCUT2D eigenvalue weighted by Gasteiger charge is -2.33. The number of nitriles is 1. The van der Waals surface area contributed by atoms with E-state index in [-0.39, 0.29) is 24.6 Å². The summed E-state index contributed by atoms with van der Waals surface area (Å²) in [5, 5.41) is 15.1. The minimum absolute atomic E-state index is 0.132. The molecule has 2 heterocycles. The number of amides is 2. The minimum atomic E-state index is -0.690. The number of nitrogens with one attached hydrogen (secondary N) is 2. The molecule has 46 heavy (non-hydrogen) atoms. The summed E-state index contributed by atoms with van der Waals surface area (Å²) in [6.07, 6.45) is 2.07. The quantitative estimate of drug-likeness (QED) is 0.234. The predicted molar refractivity (Wildman–Crippen MR) is 174 cm³/mol. The topological polar surface area (TPSA) is 126 Å². The van der Waals surface area contributed by atoms with Gasteiger partial charge in [-0.2, -0.15) is 5.26 Å². The number of methoxy groups -OCH3 is 1. The van der Waals surface area contributed by atoms with Crippen molar-refractivity contribution in [2.24, 2.45) is 0 Å².